The summed E-state index contributed by atoms with van der Waals surface area (Å²) < 4.78 is -2.17. The molecule has 2 aromatic rings. The van der Waals surface area contributed by atoms with Crippen molar-refractivity contribution >= 4 is 62.8 Å². The van der Waals surface area contributed by atoms with Crippen LogP contribution in [0.3, 0.4) is 0 Å². The summed E-state index contributed by atoms with van der Waals surface area (Å²) in [6, 6.07) is 8.05. The fourth-order valence-corrected chi connectivity index (χ4v) is 7.39. The third-order valence-corrected chi connectivity index (χ3v) is 11.6. The van der Waals surface area contributed by atoms with Crippen LogP contribution in [0.15, 0.2) is 48.5 Å². The van der Waals surface area contributed by atoms with Gasteiger partial charge in [-0.3, -0.25) is 19.2 Å². The minimum atomic E-state index is -1.38. The normalized spacial score (nSPS) is 23.0. The first-order valence-electron chi connectivity index (χ1n) is 14.0. The largest absolute Gasteiger partial charge is 0.508 e. The molecule has 4 atom stereocenters. The zero-order chi connectivity index (χ0) is 33.5. The first-order valence-corrected chi connectivity index (χ1v) is 16.6. The number of carboxylic acid groups (broad SMARTS) is 1. The van der Waals surface area contributed by atoms with E-state index in [9.17, 15) is 34.2 Å². The molecule has 0 unspecified atom stereocenters. The Labute approximate surface area is 274 Å². The number of rotatable bonds is 7. The average molecular weight is 680 g/mol. The van der Waals surface area contributed by atoms with Gasteiger partial charge in [-0.05, 0) is 69.5 Å². The van der Waals surface area contributed by atoms with Gasteiger partial charge < -0.3 is 37.2 Å². The van der Waals surface area contributed by atoms with Crippen LogP contribution in [0.4, 0.5) is 0 Å². The molecule has 0 aromatic heterocycles. The summed E-state index contributed by atoms with van der Waals surface area (Å²) in [4.78, 5) is 65.5. The molecule has 2 aromatic carbocycles. The molecule has 12 nitrogen and oxygen atoms in total. The summed E-state index contributed by atoms with van der Waals surface area (Å²) in [5.41, 5.74) is 7.53. The van der Waals surface area contributed by atoms with E-state index < -0.39 is 69.8 Å². The number of hydrogen-bond acceptors (Lipinski definition) is 9. The SMILES string of the molecule is CC1(C)SSC(C)(C)[C@H](NC(=O)[C@H](N)Cc2ccc(O)cc2)C(=O)NCC(=O)N[C@H](Cc2ccc(Cl)cc2)C(=O)N[C@@H]1C(=O)O. The van der Waals surface area contributed by atoms with Crippen LogP contribution in [-0.4, -0.2) is 80.0 Å². The van der Waals surface area contributed by atoms with Gasteiger partial charge in [0.05, 0.1) is 17.3 Å². The summed E-state index contributed by atoms with van der Waals surface area (Å²) in [5.74, 6) is -3.92. The highest BCUT2D eigenvalue weighted by Crippen LogP contribution is 2.46. The van der Waals surface area contributed by atoms with Crippen LogP contribution < -0.4 is 27.0 Å². The number of aromatic hydroxyl groups is 1. The highest BCUT2D eigenvalue weighted by Gasteiger charge is 2.44. The number of amides is 4. The summed E-state index contributed by atoms with van der Waals surface area (Å²) in [6.07, 6.45) is 0.162. The molecule has 244 valence electrons. The Kier molecular flexibility index (Phi) is 12.2. The molecule has 45 heavy (non-hydrogen) atoms. The minimum Gasteiger partial charge on any atom is -0.508 e. The molecule has 0 spiro atoms. The second-order valence-electron chi connectivity index (χ2n) is 11.7. The summed E-state index contributed by atoms with van der Waals surface area (Å²) in [7, 11) is 2.29. The number of nitrogens with two attached hydrogens (primary N) is 1. The van der Waals surface area contributed by atoms with E-state index in [-0.39, 0.29) is 18.6 Å². The van der Waals surface area contributed by atoms with E-state index in [1.807, 2.05) is 0 Å². The molecule has 3 rings (SSSR count). The van der Waals surface area contributed by atoms with Crippen LogP contribution in [0.1, 0.15) is 38.8 Å². The molecular formula is C30H38ClN5O7S2. The second-order valence-corrected chi connectivity index (χ2v) is 15.6. The van der Waals surface area contributed by atoms with Crippen molar-refractivity contribution in [2.24, 2.45) is 5.73 Å². The first kappa shape index (κ1) is 36.0. The van der Waals surface area contributed by atoms with Crippen molar-refractivity contribution in [3.05, 3.63) is 64.7 Å². The molecule has 1 aliphatic heterocycles. The highest BCUT2D eigenvalue weighted by atomic mass is 35.5. The number of phenolic OH excluding ortho intramolecular Hbond substituents is 1. The molecular weight excluding hydrogens is 642 g/mol. The Hall–Kier alpha value is -3.46. The van der Waals surface area contributed by atoms with E-state index in [4.69, 9.17) is 17.3 Å². The van der Waals surface area contributed by atoms with Gasteiger partial charge in [0.2, 0.25) is 23.6 Å². The predicted octanol–water partition coefficient (Wildman–Crippen LogP) is 1.77. The Morgan fingerprint density at radius 2 is 1.53 bits per heavy atom. The Balaban J connectivity index is 1.89. The van der Waals surface area contributed by atoms with Crippen molar-refractivity contribution in [3.63, 3.8) is 0 Å². The standard InChI is InChI=1S/C30H38ClN5O7S2/c1-29(2)23(35-25(39)20(32)13-16-7-11-19(37)12-8-16)27(41)33-15-22(38)34-21(14-17-5-9-18(31)10-6-17)26(40)36-24(28(42)43)30(3,4)45-44-29/h5-12,20-21,23-24,37H,13-15,32H2,1-4H3,(H,33,41)(H,34,38)(H,35,39)(H,36,40)(H,42,43)/t20-,21-,23-,24-/m1/s1. The predicted molar refractivity (Wildman–Crippen MR) is 175 cm³/mol. The van der Waals surface area contributed by atoms with Crippen molar-refractivity contribution in [1.29, 1.82) is 0 Å². The lowest BCUT2D eigenvalue weighted by Crippen LogP contribution is -2.61. The topological polar surface area (TPSA) is 200 Å². The van der Waals surface area contributed by atoms with Gasteiger partial charge >= 0.3 is 5.97 Å². The van der Waals surface area contributed by atoms with Crippen molar-refractivity contribution in [3.8, 4) is 5.75 Å². The number of benzene rings is 2. The Bertz CT molecular complexity index is 1410. The minimum absolute atomic E-state index is 0.0297. The molecule has 1 fully saturated rings. The maximum absolute atomic E-state index is 13.5. The van der Waals surface area contributed by atoms with Crippen molar-refractivity contribution < 1.29 is 34.2 Å². The van der Waals surface area contributed by atoms with Crippen LogP contribution in [-0.2, 0) is 36.8 Å². The maximum Gasteiger partial charge on any atom is 0.327 e. The average Bonchev–Trinajstić information content (AvgIpc) is 2.97. The van der Waals surface area contributed by atoms with Gasteiger partial charge in [-0.25, -0.2) is 4.79 Å². The number of carbonyl (C=O) groups is 5. The van der Waals surface area contributed by atoms with E-state index in [1.54, 1.807) is 64.1 Å². The number of hydrogen-bond donors (Lipinski definition) is 7. The highest BCUT2D eigenvalue weighted by molar-refractivity contribution is 8.77. The molecule has 0 radical (unpaired) electrons. The van der Waals surface area contributed by atoms with Gasteiger partial charge in [0.25, 0.3) is 0 Å². The molecule has 1 aliphatic rings. The molecule has 4 amide bonds. The Morgan fingerprint density at radius 1 is 0.956 bits per heavy atom. The maximum atomic E-state index is 13.5. The van der Waals surface area contributed by atoms with Crippen molar-refractivity contribution in [2.75, 3.05) is 6.54 Å². The monoisotopic (exact) mass is 679 g/mol. The zero-order valence-electron chi connectivity index (χ0n) is 25.3. The lowest BCUT2D eigenvalue weighted by atomic mass is 10.00. The van der Waals surface area contributed by atoms with Crippen LogP contribution in [0.5, 0.6) is 5.75 Å². The van der Waals surface area contributed by atoms with E-state index >= 15 is 0 Å². The van der Waals surface area contributed by atoms with Gasteiger partial charge in [0.15, 0.2) is 0 Å². The second kappa shape index (κ2) is 15.2. The number of phenols is 1. The lowest BCUT2D eigenvalue weighted by molar-refractivity contribution is -0.143. The molecule has 8 N–H and O–H groups in total. The number of carbonyl (C=O) groups excluding carboxylic acids is 4. The third kappa shape index (κ3) is 10.3. The molecule has 0 saturated carbocycles. The molecule has 0 bridgehead atoms. The van der Waals surface area contributed by atoms with E-state index in [0.29, 0.717) is 16.1 Å². The third-order valence-electron chi connectivity index (χ3n) is 7.10. The summed E-state index contributed by atoms with van der Waals surface area (Å²) in [6.45, 7) is 6.15. The Morgan fingerprint density at radius 3 is 2.13 bits per heavy atom. The first-order chi connectivity index (χ1) is 21.0. The smallest absolute Gasteiger partial charge is 0.327 e. The molecule has 0 aliphatic carbocycles. The van der Waals surface area contributed by atoms with Gasteiger partial charge in [0, 0.05) is 16.2 Å². The number of nitrogens with one attached hydrogen (secondary N) is 4. The van der Waals surface area contributed by atoms with E-state index in [1.165, 1.54) is 12.1 Å². The molecule has 15 heteroatoms. The molecule has 1 heterocycles. The van der Waals surface area contributed by atoms with Crippen LogP contribution in [0, 0.1) is 0 Å². The van der Waals surface area contributed by atoms with Gasteiger partial charge in [0.1, 0.15) is 23.9 Å². The summed E-state index contributed by atoms with van der Waals surface area (Å²) >= 11 is 5.98. The van der Waals surface area contributed by atoms with Crippen LogP contribution in [0.2, 0.25) is 5.02 Å². The fourth-order valence-electron chi connectivity index (χ4n) is 4.45. The van der Waals surface area contributed by atoms with Crippen LogP contribution in [0.25, 0.3) is 0 Å². The van der Waals surface area contributed by atoms with Gasteiger partial charge in [-0.2, -0.15) is 0 Å². The van der Waals surface area contributed by atoms with Gasteiger partial charge in [-0.15, -0.1) is 0 Å². The summed E-state index contributed by atoms with van der Waals surface area (Å²) in [5, 5.41) is 30.5. The number of carboxylic acids is 1. The van der Waals surface area contributed by atoms with Crippen molar-refractivity contribution in [1.82, 2.24) is 21.3 Å². The quantitative estimate of drug-likeness (QED) is 0.212. The number of halogens is 1. The fraction of sp³-hybridized carbons (Fsp3) is 0.433. The van der Waals surface area contributed by atoms with Gasteiger partial charge in [-0.1, -0.05) is 57.5 Å². The number of aliphatic carboxylic acids is 1. The molecule has 1 saturated heterocycles. The van der Waals surface area contributed by atoms with E-state index in [0.717, 1.165) is 21.6 Å². The lowest BCUT2D eigenvalue weighted by Gasteiger charge is -2.38. The van der Waals surface area contributed by atoms with Crippen molar-refractivity contribution in [2.45, 2.75) is 74.2 Å². The zero-order valence-corrected chi connectivity index (χ0v) is 27.6. The van der Waals surface area contributed by atoms with Crippen LogP contribution >= 0.6 is 33.2 Å². The van der Waals surface area contributed by atoms with E-state index in [2.05, 4.69) is 21.3 Å².